The lowest BCUT2D eigenvalue weighted by atomic mass is 10.1. The van der Waals surface area contributed by atoms with Crippen molar-refractivity contribution in [1.82, 2.24) is 25.0 Å². The molecule has 0 spiro atoms. The van der Waals surface area contributed by atoms with E-state index in [9.17, 15) is 9.59 Å². The number of rotatable bonds is 8. The summed E-state index contributed by atoms with van der Waals surface area (Å²) in [6.07, 6.45) is 4.35. The first-order valence-corrected chi connectivity index (χ1v) is 12.8. The van der Waals surface area contributed by atoms with Gasteiger partial charge in [-0.3, -0.25) is 4.79 Å². The molecule has 3 aromatic rings. The largest absolute Gasteiger partial charge is 0.492 e. The molecule has 1 N–H and O–H groups in total. The minimum atomic E-state index is -0.548. The number of ether oxygens (including phenoxy) is 3. The Hall–Kier alpha value is -4.08. The van der Waals surface area contributed by atoms with Crippen LogP contribution in [0.1, 0.15) is 50.5 Å². The van der Waals surface area contributed by atoms with Gasteiger partial charge in [0.25, 0.3) is 5.91 Å². The summed E-state index contributed by atoms with van der Waals surface area (Å²) in [6, 6.07) is 13.0. The van der Waals surface area contributed by atoms with Gasteiger partial charge < -0.3 is 24.4 Å². The Labute approximate surface area is 222 Å². The van der Waals surface area contributed by atoms with Crippen LogP contribution < -0.4 is 14.8 Å². The summed E-state index contributed by atoms with van der Waals surface area (Å²) in [5, 5.41) is 7.35. The molecule has 3 heterocycles. The standard InChI is InChI=1S/C28H35N5O5/c1-28(2,3)38-27(35)29-14-17-37-22-11-8-20(9-12-22)24-18-23(26(34)32-15-6-5-7-16-32)31-33(24)21-10-13-25(36-4)30-19-21/h8-13,18-19H,5-7,14-17H2,1-4H3,(H,29,35). The quantitative estimate of drug-likeness (QED) is 0.436. The molecule has 0 saturated carbocycles. The number of amides is 2. The predicted molar refractivity (Wildman–Crippen MR) is 143 cm³/mol. The van der Waals surface area contributed by atoms with Crippen molar-refractivity contribution in [2.75, 3.05) is 33.4 Å². The number of carbonyl (C=O) groups excluding carboxylic acids is 2. The van der Waals surface area contributed by atoms with E-state index >= 15 is 0 Å². The Balaban J connectivity index is 1.49. The van der Waals surface area contributed by atoms with Crippen molar-refractivity contribution in [3.8, 4) is 28.6 Å². The SMILES string of the molecule is COc1ccc(-n2nc(C(=O)N3CCCCC3)cc2-c2ccc(OCCNC(=O)OC(C)(C)C)cc2)cn1. The van der Waals surface area contributed by atoms with Crippen LogP contribution in [0.2, 0.25) is 0 Å². The maximum Gasteiger partial charge on any atom is 0.407 e. The summed E-state index contributed by atoms with van der Waals surface area (Å²) in [6.45, 7) is 7.55. The number of piperidine rings is 1. The van der Waals surface area contributed by atoms with Crippen LogP contribution in [0.4, 0.5) is 4.79 Å². The Morgan fingerprint density at radius 3 is 2.39 bits per heavy atom. The number of carbonyl (C=O) groups is 2. The molecule has 4 rings (SSSR count). The Morgan fingerprint density at radius 2 is 1.76 bits per heavy atom. The van der Waals surface area contributed by atoms with Crippen LogP contribution >= 0.6 is 0 Å². The zero-order chi connectivity index (χ0) is 27.1. The summed E-state index contributed by atoms with van der Waals surface area (Å²) >= 11 is 0. The van der Waals surface area contributed by atoms with Gasteiger partial charge in [-0.2, -0.15) is 5.10 Å². The van der Waals surface area contributed by atoms with Crippen molar-refractivity contribution < 1.29 is 23.8 Å². The number of likely N-dealkylation sites (tertiary alicyclic amines) is 1. The molecule has 0 radical (unpaired) electrons. The molecule has 2 amide bonds. The summed E-state index contributed by atoms with van der Waals surface area (Å²) < 4.78 is 17.9. The van der Waals surface area contributed by atoms with Crippen LogP contribution in [0.3, 0.4) is 0 Å². The highest BCUT2D eigenvalue weighted by molar-refractivity contribution is 5.93. The number of hydrogen-bond donors (Lipinski definition) is 1. The van der Waals surface area contributed by atoms with Crippen LogP contribution in [-0.2, 0) is 4.74 Å². The number of nitrogens with zero attached hydrogens (tertiary/aromatic N) is 4. The van der Waals surface area contributed by atoms with E-state index in [1.54, 1.807) is 24.1 Å². The molecular weight excluding hydrogens is 486 g/mol. The Kier molecular flexibility index (Phi) is 8.50. The second kappa shape index (κ2) is 12.0. The lowest BCUT2D eigenvalue weighted by molar-refractivity contribution is 0.0520. The van der Waals surface area contributed by atoms with Crippen LogP contribution in [0.15, 0.2) is 48.7 Å². The van der Waals surface area contributed by atoms with E-state index in [0.717, 1.165) is 43.6 Å². The second-order valence-electron chi connectivity index (χ2n) is 10.0. The maximum atomic E-state index is 13.2. The molecule has 1 fully saturated rings. The summed E-state index contributed by atoms with van der Waals surface area (Å²) in [5.74, 6) is 1.08. The van der Waals surface area contributed by atoms with Crippen molar-refractivity contribution in [1.29, 1.82) is 0 Å². The predicted octanol–water partition coefficient (Wildman–Crippen LogP) is 4.47. The number of benzene rings is 1. The molecule has 1 aliphatic heterocycles. The molecule has 10 nitrogen and oxygen atoms in total. The molecule has 10 heteroatoms. The molecule has 2 aromatic heterocycles. The van der Waals surface area contributed by atoms with E-state index in [0.29, 0.717) is 36.2 Å². The third-order valence-electron chi connectivity index (χ3n) is 5.94. The average molecular weight is 522 g/mol. The fraction of sp³-hybridized carbons (Fsp3) is 0.429. The first-order valence-electron chi connectivity index (χ1n) is 12.8. The smallest absolute Gasteiger partial charge is 0.407 e. The van der Waals surface area contributed by atoms with E-state index in [1.165, 1.54) is 0 Å². The molecule has 202 valence electrons. The second-order valence-corrected chi connectivity index (χ2v) is 10.0. The minimum absolute atomic E-state index is 0.0661. The van der Waals surface area contributed by atoms with Gasteiger partial charge in [0.2, 0.25) is 5.88 Å². The molecule has 38 heavy (non-hydrogen) atoms. The molecular formula is C28H35N5O5. The number of hydrogen-bond acceptors (Lipinski definition) is 7. The molecule has 0 aliphatic carbocycles. The third kappa shape index (κ3) is 7.02. The van der Waals surface area contributed by atoms with Gasteiger partial charge in [-0.05, 0) is 76.4 Å². The zero-order valence-electron chi connectivity index (χ0n) is 22.4. The summed E-state index contributed by atoms with van der Waals surface area (Å²) in [4.78, 5) is 31.2. The van der Waals surface area contributed by atoms with Gasteiger partial charge in [0.05, 0.1) is 31.2 Å². The minimum Gasteiger partial charge on any atom is -0.492 e. The monoisotopic (exact) mass is 521 g/mol. The lowest BCUT2D eigenvalue weighted by Crippen LogP contribution is -2.35. The van der Waals surface area contributed by atoms with Crippen LogP contribution in [0.5, 0.6) is 11.6 Å². The van der Waals surface area contributed by atoms with Gasteiger partial charge in [0.1, 0.15) is 18.0 Å². The maximum absolute atomic E-state index is 13.2. The van der Waals surface area contributed by atoms with E-state index in [4.69, 9.17) is 14.2 Å². The topological polar surface area (TPSA) is 108 Å². The van der Waals surface area contributed by atoms with Crippen LogP contribution in [0.25, 0.3) is 16.9 Å². The fourth-order valence-electron chi connectivity index (χ4n) is 4.12. The number of alkyl carbamates (subject to hydrolysis) is 1. The third-order valence-corrected chi connectivity index (χ3v) is 5.94. The highest BCUT2D eigenvalue weighted by Gasteiger charge is 2.23. The zero-order valence-corrected chi connectivity index (χ0v) is 22.4. The molecule has 0 bridgehead atoms. The van der Waals surface area contributed by atoms with Crippen LogP contribution in [0, 0.1) is 0 Å². The first-order chi connectivity index (χ1) is 18.2. The normalized spacial score (nSPS) is 13.6. The van der Waals surface area contributed by atoms with Crippen LogP contribution in [-0.4, -0.2) is 70.6 Å². The lowest BCUT2D eigenvalue weighted by Gasteiger charge is -2.25. The molecule has 1 saturated heterocycles. The van der Waals surface area contributed by atoms with E-state index in [2.05, 4.69) is 15.4 Å². The van der Waals surface area contributed by atoms with Gasteiger partial charge in [0.15, 0.2) is 5.69 Å². The van der Waals surface area contributed by atoms with Crippen molar-refractivity contribution in [2.24, 2.45) is 0 Å². The number of pyridine rings is 1. The van der Waals surface area contributed by atoms with Crippen molar-refractivity contribution in [3.05, 3.63) is 54.4 Å². The van der Waals surface area contributed by atoms with Crippen molar-refractivity contribution >= 4 is 12.0 Å². The Bertz CT molecular complexity index is 1230. The van der Waals surface area contributed by atoms with Gasteiger partial charge >= 0.3 is 6.09 Å². The Morgan fingerprint density at radius 1 is 1.03 bits per heavy atom. The van der Waals surface area contributed by atoms with E-state index < -0.39 is 11.7 Å². The van der Waals surface area contributed by atoms with E-state index in [1.807, 2.05) is 62.1 Å². The highest BCUT2D eigenvalue weighted by atomic mass is 16.6. The molecule has 0 atom stereocenters. The fourth-order valence-corrected chi connectivity index (χ4v) is 4.12. The first kappa shape index (κ1) is 27.0. The van der Waals surface area contributed by atoms with Crippen molar-refractivity contribution in [2.45, 2.75) is 45.6 Å². The number of nitrogens with one attached hydrogen (secondary N) is 1. The summed E-state index contributed by atoms with van der Waals surface area (Å²) in [5.41, 5.74) is 2.19. The number of methoxy groups -OCH3 is 1. The molecule has 0 unspecified atom stereocenters. The molecule has 1 aromatic carbocycles. The van der Waals surface area contributed by atoms with Gasteiger partial charge in [0, 0.05) is 24.7 Å². The number of aromatic nitrogens is 3. The average Bonchev–Trinajstić information content (AvgIpc) is 3.36. The molecule has 1 aliphatic rings. The van der Waals surface area contributed by atoms with Crippen molar-refractivity contribution in [3.63, 3.8) is 0 Å². The van der Waals surface area contributed by atoms with Gasteiger partial charge in [-0.15, -0.1) is 0 Å². The van der Waals surface area contributed by atoms with E-state index in [-0.39, 0.29) is 5.91 Å². The van der Waals surface area contributed by atoms with Gasteiger partial charge in [-0.25, -0.2) is 14.5 Å². The summed E-state index contributed by atoms with van der Waals surface area (Å²) in [7, 11) is 1.56. The van der Waals surface area contributed by atoms with Gasteiger partial charge in [-0.1, -0.05) is 0 Å². The highest BCUT2D eigenvalue weighted by Crippen LogP contribution is 2.27.